The van der Waals surface area contributed by atoms with Crippen molar-refractivity contribution in [3.8, 4) is 11.5 Å². The number of rotatable bonds is 7. The first-order valence-electron chi connectivity index (χ1n) is 6.93. The van der Waals surface area contributed by atoms with Gasteiger partial charge in [-0.2, -0.15) is 0 Å². The minimum absolute atomic E-state index is 0.266. The lowest BCUT2D eigenvalue weighted by Crippen LogP contribution is -2.11. The number of alkyl halides is 1. The third-order valence-corrected chi connectivity index (χ3v) is 3.10. The van der Waals surface area contributed by atoms with Crippen molar-refractivity contribution in [3.05, 3.63) is 48.0 Å². The highest BCUT2D eigenvalue weighted by atomic mass is 35.5. The Bertz CT molecular complexity index is 561. The number of benzene rings is 1. The Balaban J connectivity index is 1.88. The Labute approximate surface area is 130 Å². The maximum Gasteiger partial charge on any atom is 0.160 e. The molecule has 0 atom stereocenters. The van der Waals surface area contributed by atoms with Gasteiger partial charge in [-0.3, -0.25) is 0 Å². The number of ether oxygens (including phenoxy) is 2. The van der Waals surface area contributed by atoms with Gasteiger partial charge < -0.3 is 9.47 Å². The molecule has 2 aromatic rings. The largest absolute Gasteiger partial charge is 0.490 e. The average Bonchev–Trinajstić information content (AvgIpc) is 2.52. The summed E-state index contributed by atoms with van der Waals surface area (Å²) in [5, 5.41) is 0. The zero-order chi connectivity index (χ0) is 15.1. The van der Waals surface area contributed by atoms with E-state index in [1.54, 1.807) is 6.20 Å². The quantitative estimate of drug-likeness (QED) is 0.576. The van der Waals surface area contributed by atoms with Crippen LogP contribution in [0.15, 0.2) is 36.5 Å². The highest BCUT2D eigenvalue weighted by Crippen LogP contribution is 2.20. The molecule has 0 aliphatic heterocycles. The Morgan fingerprint density at radius 2 is 1.81 bits per heavy atom. The van der Waals surface area contributed by atoms with Crippen molar-refractivity contribution >= 4 is 11.6 Å². The fourth-order valence-corrected chi connectivity index (χ4v) is 1.94. The number of halogens is 1. The first-order valence-corrected chi connectivity index (χ1v) is 7.46. The van der Waals surface area contributed by atoms with Crippen LogP contribution in [-0.2, 0) is 5.88 Å². The minimum atomic E-state index is 0.266. The van der Waals surface area contributed by atoms with Gasteiger partial charge in [0.2, 0.25) is 0 Å². The number of hydrogen-bond donors (Lipinski definition) is 0. The van der Waals surface area contributed by atoms with Crippen LogP contribution in [0.3, 0.4) is 0 Å². The van der Waals surface area contributed by atoms with E-state index in [0.717, 1.165) is 17.3 Å². The van der Waals surface area contributed by atoms with E-state index in [0.29, 0.717) is 24.8 Å². The van der Waals surface area contributed by atoms with E-state index in [4.69, 9.17) is 21.1 Å². The molecule has 0 saturated heterocycles. The molecule has 1 aromatic heterocycles. The fraction of sp³-hybridized carbons (Fsp3) is 0.375. The van der Waals surface area contributed by atoms with Crippen LogP contribution >= 0.6 is 11.6 Å². The molecular weight excluding hydrogens is 288 g/mol. The Morgan fingerprint density at radius 3 is 2.48 bits per heavy atom. The van der Waals surface area contributed by atoms with Gasteiger partial charge in [0.1, 0.15) is 30.5 Å². The number of aromatic nitrogens is 2. The zero-order valence-electron chi connectivity index (χ0n) is 12.3. The predicted molar refractivity (Wildman–Crippen MR) is 83.1 cm³/mol. The Hall–Kier alpha value is -1.81. The van der Waals surface area contributed by atoms with Crippen molar-refractivity contribution < 1.29 is 9.47 Å². The summed E-state index contributed by atoms with van der Waals surface area (Å²) in [5.41, 5.74) is 0.718. The van der Waals surface area contributed by atoms with Gasteiger partial charge in [0.25, 0.3) is 0 Å². The zero-order valence-corrected chi connectivity index (χ0v) is 13.0. The molecule has 0 radical (unpaired) electrons. The van der Waals surface area contributed by atoms with Crippen LogP contribution in [-0.4, -0.2) is 23.2 Å². The van der Waals surface area contributed by atoms with Crippen LogP contribution in [0, 0.1) is 0 Å². The van der Waals surface area contributed by atoms with E-state index < -0.39 is 0 Å². The molecule has 0 unspecified atom stereocenters. The molecule has 0 N–H and O–H groups in total. The van der Waals surface area contributed by atoms with Crippen molar-refractivity contribution in [1.82, 2.24) is 9.97 Å². The lowest BCUT2D eigenvalue weighted by atomic mass is 10.2. The highest BCUT2D eigenvalue weighted by molar-refractivity contribution is 6.17. The van der Waals surface area contributed by atoms with E-state index in [2.05, 4.69) is 9.97 Å². The maximum atomic E-state index is 5.92. The van der Waals surface area contributed by atoms with Crippen molar-refractivity contribution in [1.29, 1.82) is 0 Å². The van der Waals surface area contributed by atoms with Crippen molar-refractivity contribution in [2.45, 2.75) is 25.6 Å². The van der Waals surface area contributed by atoms with Crippen molar-refractivity contribution in [2.24, 2.45) is 0 Å². The van der Waals surface area contributed by atoms with E-state index in [-0.39, 0.29) is 5.92 Å². The molecule has 1 aromatic carbocycles. The third kappa shape index (κ3) is 4.60. The van der Waals surface area contributed by atoms with Crippen LogP contribution in [0.2, 0.25) is 0 Å². The smallest absolute Gasteiger partial charge is 0.160 e. The standard InChI is InChI=1S/C16H19ClN2O2/c1-12(2)16-18-11-15(14(10-17)19-16)21-9-8-20-13-6-4-3-5-7-13/h3-7,11-12H,8-10H2,1-2H3. The van der Waals surface area contributed by atoms with Crippen LogP contribution in [0.5, 0.6) is 11.5 Å². The third-order valence-electron chi connectivity index (χ3n) is 2.84. The summed E-state index contributed by atoms with van der Waals surface area (Å²) < 4.78 is 11.2. The summed E-state index contributed by atoms with van der Waals surface area (Å²) in [7, 11) is 0. The van der Waals surface area contributed by atoms with Gasteiger partial charge in [-0.05, 0) is 12.1 Å². The number of nitrogens with zero attached hydrogens (tertiary/aromatic N) is 2. The molecule has 5 heteroatoms. The Kier molecular flexibility index (Phi) is 5.81. The first-order chi connectivity index (χ1) is 10.2. The van der Waals surface area contributed by atoms with Crippen LogP contribution in [0.25, 0.3) is 0 Å². The topological polar surface area (TPSA) is 44.2 Å². The van der Waals surface area contributed by atoms with E-state index in [9.17, 15) is 0 Å². The molecule has 0 amide bonds. The molecule has 21 heavy (non-hydrogen) atoms. The Morgan fingerprint density at radius 1 is 1.10 bits per heavy atom. The lowest BCUT2D eigenvalue weighted by Gasteiger charge is -2.12. The lowest BCUT2D eigenvalue weighted by molar-refractivity contribution is 0.215. The van der Waals surface area contributed by atoms with E-state index >= 15 is 0 Å². The molecule has 0 aliphatic rings. The van der Waals surface area contributed by atoms with Crippen LogP contribution in [0.1, 0.15) is 31.3 Å². The molecule has 4 nitrogen and oxygen atoms in total. The van der Waals surface area contributed by atoms with Gasteiger partial charge in [-0.15, -0.1) is 11.6 Å². The second-order valence-electron chi connectivity index (χ2n) is 4.84. The maximum absolute atomic E-state index is 5.92. The molecule has 1 heterocycles. The van der Waals surface area contributed by atoms with Crippen LogP contribution < -0.4 is 9.47 Å². The van der Waals surface area contributed by atoms with Gasteiger partial charge in [-0.1, -0.05) is 32.0 Å². The molecular formula is C16H19ClN2O2. The first kappa shape index (κ1) is 15.6. The van der Waals surface area contributed by atoms with E-state index in [1.165, 1.54) is 0 Å². The van der Waals surface area contributed by atoms with Gasteiger partial charge in [0.05, 0.1) is 12.1 Å². The second kappa shape index (κ2) is 7.84. The summed E-state index contributed by atoms with van der Waals surface area (Å²) in [4.78, 5) is 8.71. The molecule has 0 saturated carbocycles. The highest BCUT2D eigenvalue weighted by Gasteiger charge is 2.10. The second-order valence-corrected chi connectivity index (χ2v) is 5.10. The van der Waals surface area contributed by atoms with Gasteiger partial charge in [0, 0.05) is 5.92 Å². The molecule has 112 valence electrons. The number of para-hydroxylation sites is 1. The normalized spacial score (nSPS) is 10.7. The SMILES string of the molecule is CC(C)c1ncc(OCCOc2ccccc2)c(CCl)n1. The molecule has 0 spiro atoms. The summed E-state index contributed by atoms with van der Waals surface area (Å²) >= 11 is 5.92. The number of hydrogen-bond acceptors (Lipinski definition) is 4. The fourth-order valence-electron chi connectivity index (χ4n) is 1.74. The molecule has 0 bridgehead atoms. The average molecular weight is 307 g/mol. The summed E-state index contributed by atoms with van der Waals surface area (Å²) in [5.74, 6) is 2.79. The molecule has 0 aliphatic carbocycles. The molecule has 0 fully saturated rings. The monoisotopic (exact) mass is 306 g/mol. The van der Waals surface area contributed by atoms with Crippen molar-refractivity contribution in [2.75, 3.05) is 13.2 Å². The summed E-state index contributed by atoms with van der Waals surface area (Å²) in [6.45, 7) is 4.96. The van der Waals surface area contributed by atoms with Gasteiger partial charge >= 0.3 is 0 Å². The van der Waals surface area contributed by atoms with Gasteiger partial charge in [-0.25, -0.2) is 9.97 Å². The summed E-state index contributed by atoms with van der Waals surface area (Å²) in [6.07, 6.45) is 1.68. The van der Waals surface area contributed by atoms with Gasteiger partial charge in [0.15, 0.2) is 5.75 Å². The molecule has 2 rings (SSSR count). The van der Waals surface area contributed by atoms with Crippen LogP contribution in [0.4, 0.5) is 0 Å². The van der Waals surface area contributed by atoms with Crippen molar-refractivity contribution in [3.63, 3.8) is 0 Å². The minimum Gasteiger partial charge on any atom is -0.490 e. The summed E-state index contributed by atoms with van der Waals surface area (Å²) in [6, 6.07) is 9.62. The van der Waals surface area contributed by atoms with E-state index in [1.807, 2.05) is 44.2 Å². The predicted octanol–water partition coefficient (Wildman–Crippen LogP) is 3.80.